The number of hydrogen-bond acceptors (Lipinski definition) is 2. The van der Waals surface area contributed by atoms with Crippen molar-refractivity contribution in [2.45, 2.75) is 31.1 Å². The molecule has 1 aromatic rings. The van der Waals surface area contributed by atoms with Crippen molar-refractivity contribution in [1.82, 2.24) is 0 Å². The minimum Gasteiger partial charge on any atom is -0.795 e. The van der Waals surface area contributed by atoms with Gasteiger partial charge in [0, 0.05) is 0 Å². The molecule has 0 N–H and O–H groups in total. The Labute approximate surface area is 106 Å². The number of unbranched alkanes of at least 4 members (excludes halogenated alkanes) is 1. The molecular formula is C10H13NaOS. The minimum atomic E-state index is 0. The van der Waals surface area contributed by atoms with Gasteiger partial charge in [-0.1, -0.05) is 25.5 Å². The van der Waals surface area contributed by atoms with Crippen molar-refractivity contribution in [2.24, 2.45) is 0 Å². The third-order valence-electron chi connectivity index (χ3n) is 1.84. The Balaban J connectivity index is 0.00000144. The Morgan fingerprint density at radius 3 is 2.31 bits per heavy atom. The summed E-state index contributed by atoms with van der Waals surface area (Å²) in [6.45, 7) is 2.18. The number of benzene rings is 1. The average Bonchev–Trinajstić information content (AvgIpc) is 2.15. The maximum Gasteiger partial charge on any atom is 1.00 e. The van der Waals surface area contributed by atoms with Crippen molar-refractivity contribution in [3.05, 3.63) is 29.8 Å². The zero-order chi connectivity index (χ0) is 8.81. The van der Waals surface area contributed by atoms with Gasteiger partial charge in [-0.2, -0.15) is 0 Å². The Hall–Kier alpha value is 0.530. The molecule has 1 rings (SSSR count). The molecule has 0 aliphatic heterocycles. The Bertz CT molecular complexity index is 223. The van der Waals surface area contributed by atoms with Crippen molar-refractivity contribution in [2.75, 3.05) is 0 Å². The van der Waals surface area contributed by atoms with Crippen molar-refractivity contribution < 1.29 is 34.1 Å². The second kappa shape index (κ2) is 7.89. The van der Waals surface area contributed by atoms with Gasteiger partial charge in [0.1, 0.15) is 0 Å². The standard InChI is InChI=1S/C10H14OS.Na/c1-2-3-4-9-5-7-10(12-11)8-6-9;/h5-8,11H,2-4H2,1H3;/q;+1/p-1. The SMILES string of the molecule is CCCCc1ccc(S[O-])cc1.[Na+]. The van der Waals surface area contributed by atoms with Gasteiger partial charge in [0.15, 0.2) is 0 Å². The third kappa shape index (κ3) is 5.08. The molecule has 0 fully saturated rings. The molecule has 0 amide bonds. The van der Waals surface area contributed by atoms with Gasteiger partial charge in [0.2, 0.25) is 0 Å². The summed E-state index contributed by atoms with van der Waals surface area (Å²) < 4.78 is 10.4. The van der Waals surface area contributed by atoms with Gasteiger partial charge in [-0.15, -0.1) is 0 Å². The zero-order valence-corrected chi connectivity index (χ0v) is 11.1. The molecule has 0 radical (unpaired) electrons. The number of rotatable bonds is 4. The van der Waals surface area contributed by atoms with Gasteiger partial charge < -0.3 is 4.55 Å². The van der Waals surface area contributed by atoms with Crippen LogP contribution in [0.1, 0.15) is 25.3 Å². The maximum absolute atomic E-state index is 10.4. The summed E-state index contributed by atoms with van der Waals surface area (Å²) in [5, 5.41) is 0. The van der Waals surface area contributed by atoms with Crippen LogP contribution in [0.15, 0.2) is 29.2 Å². The normalized spacial score (nSPS) is 9.38. The second-order valence-corrected chi connectivity index (χ2v) is 3.47. The summed E-state index contributed by atoms with van der Waals surface area (Å²) in [5.74, 6) is 0. The van der Waals surface area contributed by atoms with Crippen LogP contribution in [-0.2, 0) is 6.42 Å². The average molecular weight is 204 g/mol. The number of hydrogen-bond donors (Lipinski definition) is 0. The van der Waals surface area contributed by atoms with E-state index in [9.17, 15) is 4.55 Å². The van der Waals surface area contributed by atoms with E-state index in [1.165, 1.54) is 18.4 Å². The van der Waals surface area contributed by atoms with Crippen LogP contribution in [0, 0.1) is 0 Å². The molecule has 0 spiro atoms. The van der Waals surface area contributed by atoms with Crippen LogP contribution in [0.5, 0.6) is 0 Å². The molecule has 0 heterocycles. The van der Waals surface area contributed by atoms with E-state index >= 15 is 0 Å². The summed E-state index contributed by atoms with van der Waals surface area (Å²) >= 11 is 0.551. The topological polar surface area (TPSA) is 23.1 Å². The number of aryl methyl sites for hydroxylation is 1. The monoisotopic (exact) mass is 204 g/mol. The van der Waals surface area contributed by atoms with E-state index in [4.69, 9.17) is 0 Å². The van der Waals surface area contributed by atoms with Gasteiger partial charge in [-0.3, -0.25) is 0 Å². The molecule has 0 saturated carbocycles. The summed E-state index contributed by atoms with van der Waals surface area (Å²) in [5.41, 5.74) is 1.33. The van der Waals surface area contributed by atoms with E-state index < -0.39 is 0 Å². The van der Waals surface area contributed by atoms with E-state index in [2.05, 4.69) is 6.92 Å². The molecule has 66 valence electrons. The largest absolute Gasteiger partial charge is 1.00 e. The fourth-order valence-electron chi connectivity index (χ4n) is 1.09. The summed E-state index contributed by atoms with van der Waals surface area (Å²) in [6, 6.07) is 7.86. The predicted octanol–water partition coefficient (Wildman–Crippen LogP) is 0.256. The molecule has 0 atom stereocenters. The van der Waals surface area contributed by atoms with Crippen molar-refractivity contribution in [1.29, 1.82) is 0 Å². The summed E-state index contributed by atoms with van der Waals surface area (Å²) in [4.78, 5) is 0.801. The maximum atomic E-state index is 10.4. The molecule has 0 unspecified atom stereocenters. The quantitative estimate of drug-likeness (QED) is 0.518. The molecule has 0 aliphatic rings. The fourth-order valence-corrected chi connectivity index (χ4v) is 1.34. The molecule has 1 aromatic carbocycles. The molecule has 0 saturated heterocycles. The predicted molar refractivity (Wildman–Crippen MR) is 51.7 cm³/mol. The summed E-state index contributed by atoms with van der Waals surface area (Å²) in [6.07, 6.45) is 3.57. The van der Waals surface area contributed by atoms with E-state index in [1.807, 2.05) is 24.3 Å². The van der Waals surface area contributed by atoms with Crippen molar-refractivity contribution in [3.63, 3.8) is 0 Å². The minimum absolute atomic E-state index is 0. The first kappa shape index (κ1) is 13.5. The molecule has 3 heteroatoms. The Kier molecular flexibility index (Phi) is 8.21. The second-order valence-electron chi connectivity index (χ2n) is 2.83. The Morgan fingerprint density at radius 2 is 1.85 bits per heavy atom. The van der Waals surface area contributed by atoms with E-state index in [-0.39, 0.29) is 29.6 Å². The molecule has 0 aromatic heterocycles. The van der Waals surface area contributed by atoms with Crippen LogP contribution < -0.4 is 29.6 Å². The first-order valence-electron chi connectivity index (χ1n) is 4.25. The van der Waals surface area contributed by atoms with Crippen LogP contribution >= 0.6 is 12.0 Å². The van der Waals surface area contributed by atoms with Gasteiger partial charge in [-0.05, 0) is 35.4 Å². The fraction of sp³-hybridized carbons (Fsp3) is 0.400. The van der Waals surface area contributed by atoms with Crippen LogP contribution in [0.25, 0.3) is 0 Å². The van der Waals surface area contributed by atoms with E-state index in [0.29, 0.717) is 12.0 Å². The van der Waals surface area contributed by atoms with Gasteiger partial charge in [0.05, 0.1) is 0 Å². The zero-order valence-electron chi connectivity index (χ0n) is 8.25. The van der Waals surface area contributed by atoms with Crippen LogP contribution in [0.2, 0.25) is 0 Å². The van der Waals surface area contributed by atoms with Gasteiger partial charge in [-0.25, -0.2) is 12.0 Å². The van der Waals surface area contributed by atoms with Crippen LogP contribution in [0.4, 0.5) is 0 Å². The molecule has 13 heavy (non-hydrogen) atoms. The smallest absolute Gasteiger partial charge is 0.795 e. The van der Waals surface area contributed by atoms with E-state index in [1.54, 1.807) is 0 Å². The first-order chi connectivity index (χ1) is 5.86. The third-order valence-corrected chi connectivity index (χ3v) is 2.30. The van der Waals surface area contributed by atoms with Gasteiger partial charge in [0.25, 0.3) is 0 Å². The summed E-state index contributed by atoms with van der Waals surface area (Å²) in [7, 11) is 0. The van der Waals surface area contributed by atoms with Crippen molar-refractivity contribution in [3.8, 4) is 0 Å². The van der Waals surface area contributed by atoms with E-state index in [0.717, 1.165) is 11.3 Å². The first-order valence-corrected chi connectivity index (χ1v) is 4.99. The molecule has 1 nitrogen and oxygen atoms in total. The molecule has 0 aliphatic carbocycles. The van der Waals surface area contributed by atoms with Crippen LogP contribution in [-0.4, -0.2) is 4.55 Å². The van der Waals surface area contributed by atoms with Gasteiger partial charge >= 0.3 is 29.6 Å². The Morgan fingerprint density at radius 1 is 1.23 bits per heavy atom. The van der Waals surface area contributed by atoms with Crippen molar-refractivity contribution >= 4 is 12.0 Å². The van der Waals surface area contributed by atoms with Crippen LogP contribution in [0.3, 0.4) is 0 Å². The molecular weight excluding hydrogens is 191 g/mol. The molecule has 0 bridgehead atoms.